The zero-order valence-corrected chi connectivity index (χ0v) is 12.5. The molecule has 0 spiro atoms. The van der Waals surface area contributed by atoms with Crippen LogP contribution in [0.25, 0.3) is 0 Å². The van der Waals surface area contributed by atoms with Gasteiger partial charge < -0.3 is 15.8 Å². The van der Waals surface area contributed by atoms with Gasteiger partial charge in [0.1, 0.15) is 5.75 Å². The zero-order chi connectivity index (χ0) is 14.6. The van der Waals surface area contributed by atoms with Crippen LogP contribution in [0.3, 0.4) is 0 Å². The molecule has 1 aromatic carbocycles. The Bertz CT molecular complexity index is 453. The molecule has 0 aliphatic carbocycles. The Labute approximate surface area is 119 Å². The van der Waals surface area contributed by atoms with Crippen LogP contribution in [-0.2, 0) is 4.79 Å². The molecular weight excluding hydrogens is 264 g/mol. The number of ether oxygens (including phenoxy) is 1. The number of amides is 1. The van der Waals surface area contributed by atoms with Gasteiger partial charge in [-0.1, -0.05) is 11.6 Å². The molecule has 0 saturated heterocycles. The third kappa shape index (κ3) is 5.49. The number of halogens is 1. The molecule has 3 N–H and O–H groups in total. The third-order valence-corrected chi connectivity index (χ3v) is 2.57. The number of benzene rings is 1. The zero-order valence-electron chi connectivity index (χ0n) is 11.8. The highest BCUT2D eigenvalue weighted by molar-refractivity contribution is 6.30. The van der Waals surface area contributed by atoms with Gasteiger partial charge in [0, 0.05) is 22.2 Å². The maximum absolute atomic E-state index is 11.7. The number of carbonyl (C=O) groups excluding carboxylic acids is 1. The van der Waals surface area contributed by atoms with E-state index in [9.17, 15) is 4.79 Å². The molecule has 0 aliphatic heterocycles. The lowest BCUT2D eigenvalue weighted by Gasteiger charge is -2.21. The van der Waals surface area contributed by atoms with Crippen molar-refractivity contribution in [2.24, 2.45) is 5.73 Å². The predicted octanol–water partition coefficient (Wildman–Crippen LogP) is 2.65. The molecule has 0 radical (unpaired) electrons. The summed E-state index contributed by atoms with van der Waals surface area (Å²) in [5.74, 6) is 0.418. The molecule has 0 unspecified atom stereocenters. The highest BCUT2D eigenvalue weighted by Crippen LogP contribution is 2.27. The summed E-state index contributed by atoms with van der Waals surface area (Å²) >= 11 is 5.92. The van der Waals surface area contributed by atoms with Crippen molar-refractivity contribution in [1.29, 1.82) is 0 Å². The van der Waals surface area contributed by atoms with Crippen molar-refractivity contribution < 1.29 is 9.53 Å². The largest absolute Gasteiger partial charge is 0.483 e. The molecule has 1 aromatic rings. The molecule has 106 valence electrons. The molecular formula is C14H21ClN2O2. The molecule has 0 fully saturated rings. The number of nitrogens with two attached hydrogens (primary N) is 1. The van der Waals surface area contributed by atoms with E-state index in [1.807, 2.05) is 27.7 Å². The number of carbonyl (C=O) groups is 1. The van der Waals surface area contributed by atoms with Crippen molar-refractivity contribution >= 4 is 17.5 Å². The SMILES string of the molecule is C[C@@H](N)c1cc(Cl)ccc1OCC(=O)NC(C)(C)C. The van der Waals surface area contributed by atoms with E-state index in [4.69, 9.17) is 22.1 Å². The first-order valence-corrected chi connectivity index (χ1v) is 6.55. The quantitative estimate of drug-likeness (QED) is 0.893. The number of rotatable bonds is 4. The maximum Gasteiger partial charge on any atom is 0.258 e. The molecule has 0 aliphatic rings. The lowest BCUT2D eigenvalue weighted by molar-refractivity contribution is -0.124. The van der Waals surface area contributed by atoms with Crippen molar-refractivity contribution in [3.05, 3.63) is 28.8 Å². The van der Waals surface area contributed by atoms with Crippen LogP contribution >= 0.6 is 11.6 Å². The van der Waals surface area contributed by atoms with E-state index in [1.165, 1.54) is 0 Å². The Morgan fingerprint density at radius 1 is 1.47 bits per heavy atom. The van der Waals surface area contributed by atoms with E-state index in [1.54, 1.807) is 18.2 Å². The van der Waals surface area contributed by atoms with Gasteiger partial charge >= 0.3 is 0 Å². The Morgan fingerprint density at radius 2 is 2.11 bits per heavy atom. The molecule has 5 heteroatoms. The second-order valence-electron chi connectivity index (χ2n) is 5.56. The minimum Gasteiger partial charge on any atom is -0.483 e. The first-order valence-electron chi connectivity index (χ1n) is 6.18. The van der Waals surface area contributed by atoms with Gasteiger partial charge in [-0.05, 0) is 45.9 Å². The molecule has 0 saturated carbocycles. The highest BCUT2D eigenvalue weighted by atomic mass is 35.5. The maximum atomic E-state index is 11.7. The Hall–Kier alpha value is -1.26. The number of hydrogen-bond acceptors (Lipinski definition) is 3. The molecule has 1 rings (SSSR count). The van der Waals surface area contributed by atoms with E-state index in [2.05, 4.69) is 5.32 Å². The average Bonchev–Trinajstić information content (AvgIpc) is 2.24. The minimum atomic E-state index is -0.273. The van der Waals surface area contributed by atoms with Crippen LogP contribution in [-0.4, -0.2) is 18.1 Å². The molecule has 0 bridgehead atoms. The Kier molecular flexibility index (Phi) is 5.20. The molecule has 4 nitrogen and oxygen atoms in total. The summed E-state index contributed by atoms with van der Waals surface area (Å²) < 4.78 is 5.51. The van der Waals surface area contributed by atoms with Crippen LogP contribution in [0.15, 0.2) is 18.2 Å². The minimum absolute atomic E-state index is 0.0430. The smallest absolute Gasteiger partial charge is 0.258 e. The summed E-state index contributed by atoms with van der Waals surface area (Å²) in [6.07, 6.45) is 0. The topological polar surface area (TPSA) is 64.3 Å². The molecule has 1 amide bonds. The van der Waals surface area contributed by atoms with E-state index in [0.29, 0.717) is 10.8 Å². The molecule has 19 heavy (non-hydrogen) atoms. The van der Waals surface area contributed by atoms with Gasteiger partial charge in [-0.15, -0.1) is 0 Å². The number of nitrogens with one attached hydrogen (secondary N) is 1. The normalized spacial score (nSPS) is 12.9. The van der Waals surface area contributed by atoms with Crippen LogP contribution in [0, 0.1) is 0 Å². The van der Waals surface area contributed by atoms with Gasteiger partial charge in [0.15, 0.2) is 6.61 Å². The van der Waals surface area contributed by atoms with Crippen LogP contribution in [0.2, 0.25) is 5.02 Å². The summed E-state index contributed by atoms with van der Waals surface area (Å²) in [4.78, 5) is 11.7. The summed E-state index contributed by atoms with van der Waals surface area (Å²) in [5, 5.41) is 3.42. The molecule has 0 aromatic heterocycles. The second-order valence-corrected chi connectivity index (χ2v) is 5.99. The van der Waals surface area contributed by atoms with Gasteiger partial charge in [-0.3, -0.25) is 4.79 Å². The Balaban J connectivity index is 2.70. The lowest BCUT2D eigenvalue weighted by atomic mass is 10.1. The fraction of sp³-hybridized carbons (Fsp3) is 0.500. The molecule has 1 atom stereocenters. The van der Waals surface area contributed by atoms with Crippen LogP contribution in [0.1, 0.15) is 39.3 Å². The number of hydrogen-bond donors (Lipinski definition) is 2. The molecule has 0 heterocycles. The van der Waals surface area contributed by atoms with Gasteiger partial charge in [0.25, 0.3) is 5.91 Å². The highest BCUT2D eigenvalue weighted by Gasteiger charge is 2.15. The fourth-order valence-electron chi connectivity index (χ4n) is 1.60. The summed E-state index contributed by atoms with van der Waals surface area (Å²) in [7, 11) is 0. The van der Waals surface area contributed by atoms with Gasteiger partial charge in [-0.2, -0.15) is 0 Å². The third-order valence-electron chi connectivity index (χ3n) is 2.34. The van der Waals surface area contributed by atoms with Crippen molar-refractivity contribution in [3.63, 3.8) is 0 Å². The Morgan fingerprint density at radius 3 is 2.63 bits per heavy atom. The van der Waals surface area contributed by atoms with Crippen molar-refractivity contribution in [3.8, 4) is 5.75 Å². The monoisotopic (exact) mass is 284 g/mol. The summed E-state index contributed by atoms with van der Waals surface area (Å²) in [5.41, 5.74) is 6.37. The summed E-state index contributed by atoms with van der Waals surface area (Å²) in [6, 6.07) is 4.98. The van der Waals surface area contributed by atoms with Crippen molar-refractivity contribution in [2.45, 2.75) is 39.3 Å². The van der Waals surface area contributed by atoms with E-state index in [0.717, 1.165) is 5.56 Å². The standard InChI is InChI=1S/C14H21ClN2O2/c1-9(16)11-7-10(15)5-6-12(11)19-8-13(18)17-14(2,3)4/h5-7,9H,8,16H2,1-4H3,(H,17,18)/t9-/m1/s1. The van der Waals surface area contributed by atoms with E-state index in [-0.39, 0.29) is 24.1 Å². The van der Waals surface area contributed by atoms with Gasteiger partial charge in [0.05, 0.1) is 0 Å². The first-order chi connectivity index (χ1) is 8.69. The predicted molar refractivity (Wildman–Crippen MR) is 77.4 cm³/mol. The van der Waals surface area contributed by atoms with E-state index < -0.39 is 0 Å². The van der Waals surface area contributed by atoms with Crippen LogP contribution < -0.4 is 15.8 Å². The van der Waals surface area contributed by atoms with Gasteiger partial charge in [0.2, 0.25) is 0 Å². The van der Waals surface area contributed by atoms with Gasteiger partial charge in [-0.25, -0.2) is 0 Å². The van der Waals surface area contributed by atoms with E-state index >= 15 is 0 Å². The van der Waals surface area contributed by atoms with Crippen molar-refractivity contribution in [2.75, 3.05) is 6.61 Å². The van der Waals surface area contributed by atoms with Crippen LogP contribution in [0.4, 0.5) is 0 Å². The fourth-order valence-corrected chi connectivity index (χ4v) is 1.78. The lowest BCUT2D eigenvalue weighted by Crippen LogP contribution is -2.43. The average molecular weight is 285 g/mol. The van der Waals surface area contributed by atoms with Crippen LogP contribution in [0.5, 0.6) is 5.75 Å². The first kappa shape index (κ1) is 15.8. The summed E-state index contributed by atoms with van der Waals surface area (Å²) in [6.45, 7) is 7.55. The van der Waals surface area contributed by atoms with Crippen molar-refractivity contribution in [1.82, 2.24) is 5.32 Å². The second kappa shape index (κ2) is 6.26.